The van der Waals surface area contributed by atoms with Crippen molar-refractivity contribution < 1.29 is 19.3 Å². The molecule has 0 bridgehead atoms. The van der Waals surface area contributed by atoms with Crippen LogP contribution in [0, 0.1) is 12.8 Å². The van der Waals surface area contributed by atoms with E-state index in [0.29, 0.717) is 26.1 Å². The molecular formula is C14H22N4O4. The van der Waals surface area contributed by atoms with Crippen molar-refractivity contribution in [3.05, 3.63) is 11.4 Å². The van der Waals surface area contributed by atoms with Gasteiger partial charge >= 0.3 is 5.97 Å². The first-order valence-corrected chi connectivity index (χ1v) is 7.45. The molecule has 0 saturated carbocycles. The number of amides is 1. The normalized spacial score (nSPS) is 17.5. The Morgan fingerprint density at radius 2 is 1.91 bits per heavy atom. The van der Waals surface area contributed by atoms with Gasteiger partial charge in [0.25, 0.3) is 0 Å². The van der Waals surface area contributed by atoms with Crippen LogP contribution >= 0.6 is 0 Å². The number of piperazine rings is 1. The van der Waals surface area contributed by atoms with Crippen molar-refractivity contribution in [3.63, 3.8) is 0 Å². The number of hydrogen-bond donors (Lipinski definition) is 1. The van der Waals surface area contributed by atoms with E-state index in [4.69, 9.17) is 5.11 Å². The van der Waals surface area contributed by atoms with Crippen molar-refractivity contribution >= 4 is 11.9 Å². The first-order chi connectivity index (χ1) is 10.5. The topological polar surface area (TPSA) is 99.8 Å². The lowest BCUT2D eigenvalue weighted by molar-refractivity contribution is -0.139. The van der Waals surface area contributed by atoms with Crippen molar-refractivity contribution in [2.45, 2.75) is 33.2 Å². The highest BCUT2D eigenvalue weighted by atomic mass is 16.6. The van der Waals surface area contributed by atoms with Crippen molar-refractivity contribution in [1.29, 1.82) is 0 Å². The molecule has 1 N–H and O–H groups in total. The summed E-state index contributed by atoms with van der Waals surface area (Å²) >= 11 is 0. The molecule has 2 heterocycles. The third kappa shape index (κ3) is 4.52. The van der Waals surface area contributed by atoms with E-state index in [-0.39, 0.29) is 18.2 Å². The lowest BCUT2D eigenvalue weighted by Crippen LogP contribution is -2.48. The molecule has 1 aliphatic rings. The highest BCUT2D eigenvalue weighted by Gasteiger charge is 2.24. The Hall–Kier alpha value is -1.96. The summed E-state index contributed by atoms with van der Waals surface area (Å²) in [6.45, 7) is 7.17. The van der Waals surface area contributed by atoms with Gasteiger partial charge in [-0.3, -0.25) is 14.5 Å². The predicted octanol–water partition coefficient (Wildman–Crippen LogP) is 0.523. The summed E-state index contributed by atoms with van der Waals surface area (Å²) in [5, 5.41) is 16.4. The van der Waals surface area contributed by atoms with Crippen LogP contribution in [0.5, 0.6) is 0 Å². The Labute approximate surface area is 129 Å². The van der Waals surface area contributed by atoms with Gasteiger partial charge in [0.2, 0.25) is 5.91 Å². The Bertz CT molecular complexity index is 523. The lowest BCUT2D eigenvalue weighted by atomic mass is 10.0. The average molecular weight is 310 g/mol. The summed E-state index contributed by atoms with van der Waals surface area (Å²) < 4.78 is 4.68. The third-order valence-corrected chi connectivity index (χ3v) is 3.89. The van der Waals surface area contributed by atoms with Gasteiger partial charge in [-0.1, -0.05) is 17.2 Å². The Morgan fingerprint density at radius 3 is 2.45 bits per heavy atom. The van der Waals surface area contributed by atoms with Crippen LogP contribution in [0.4, 0.5) is 0 Å². The van der Waals surface area contributed by atoms with Gasteiger partial charge in [0.1, 0.15) is 11.4 Å². The quantitative estimate of drug-likeness (QED) is 0.817. The van der Waals surface area contributed by atoms with E-state index < -0.39 is 5.97 Å². The van der Waals surface area contributed by atoms with E-state index in [1.54, 1.807) is 6.92 Å². The highest BCUT2D eigenvalue weighted by molar-refractivity contribution is 5.77. The van der Waals surface area contributed by atoms with Gasteiger partial charge in [0.05, 0.1) is 0 Å². The zero-order valence-electron chi connectivity index (χ0n) is 13.0. The van der Waals surface area contributed by atoms with E-state index in [1.165, 1.54) is 0 Å². The summed E-state index contributed by atoms with van der Waals surface area (Å²) in [4.78, 5) is 26.8. The SMILES string of the molecule is Cc1nonc1CN1CCN(C(=O)CC(C)CC(=O)O)CC1. The molecule has 1 amide bonds. The number of carboxylic acids is 1. The number of aryl methyl sites for hydroxylation is 1. The molecule has 1 fully saturated rings. The van der Waals surface area contributed by atoms with Gasteiger partial charge < -0.3 is 10.0 Å². The first kappa shape index (κ1) is 16.4. The molecule has 0 aliphatic carbocycles. The minimum atomic E-state index is -0.860. The third-order valence-electron chi connectivity index (χ3n) is 3.89. The van der Waals surface area contributed by atoms with Crippen LogP contribution < -0.4 is 0 Å². The molecule has 2 rings (SSSR count). The van der Waals surface area contributed by atoms with Crippen molar-refractivity contribution in [1.82, 2.24) is 20.1 Å². The smallest absolute Gasteiger partial charge is 0.303 e. The van der Waals surface area contributed by atoms with E-state index in [9.17, 15) is 9.59 Å². The number of aromatic nitrogens is 2. The lowest BCUT2D eigenvalue weighted by Gasteiger charge is -2.34. The highest BCUT2D eigenvalue weighted by Crippen LogP contribution is 2.13. The average Bonchev–Trinajstić information content (AvgIpc) is 2.84. The van der Waals surface area contributed by atoms with Crippen molar-refractivity contribution in [2.24, 2.45) is 5.92 Å². The van der Waals surface area contributed by atoms with Crippen LogP contribution in [0.25, 0.3) is 0 Å². The fourth-order valence-corrected chi connectivity index (χ4v) is 2.56. The summed E-state index contributed by atoms with van der Waals surface area (Å²) in [5.74, 6) is -0.957. The van der Waals surface area contributed by atoms with Crippen LogP contribution in [0.1, 0.15) is 31.2 Å². The van der Waals surface area contributed by atoms with Crippen LogP contribution in [0.3, 0.4) is 0 Å². The van der Waals surface area contributed by atoms with Crippen LogP contribution in [0.15, 0.2) is 4.63 Å². The van der Waals surface area contributed by atoms with Gasteiger partial charge in [-0.25, -0.2) is 4.63 Å². The molecule has 22 heavy (non-hydrogen) atoms. The van der Waals surface area contributed by atoms with Gasteiger partial charge in [-0.15, -0.1) is 0 Å². The van der Waals surface area contributed by atoms with Crippen LogP contribution in [0.2, 0.25) is 0 Å². The van der Waals surface area contributed by atoms with Gasteiger partial charge in [0, 0.05) is 45.6 Å². The molecule has 1 saturated heterocycles. The molecule has 1 atom stereocenters. The van der Waals surface area contributed by atoms with Gasteiger partial charge in [-0.05, 0) is 12.8 Å². The standard InChI is InChI=1S/C14H22N4O4/c1-10(8-14(20)21)7-13(19)18-5-3-17(4-6-18)9-12-11(2)15-22-16-12/h10H,3-9H2,1-2H3,(H,20,21). The maximum atomic E-state index is 12.1. The number of carbonyl (C=O) groups excluding carboxylic acids is 1. The fourth-order valence-electron chi connectivity index (χ4n) is 2.56. The van der Waals surface area contributed by atoms with Crippen LogP contribution in [-0.2, 0) is 16.1 Å². The Balaban J connectivity index is 1.75. The zero-order valence-corrected chi connectivity index (χ0v) is 13.0. The molecule has 0 aromatic carbocycles. The molecule has 1 aliphatic heterocycles. The van der Waals surface area contributed by atoms with E-state index in [0.717, 1.165) is 24.5 Å². The maximum absolute atomic E-state index is 12.1. The zero-order chi connectivity index (χ0) is 16.1. The summed E-state index contributed by atoms with van der Waals surface area (Å²) in [6, 6.07) is 0. The van der Waals surface area contributed by atoms with Gasteiger partial charge in [0.15, 0.2) is 0 Å². The van der Waals surface area contributed by atoms with E-state index in [2.05, 4.69) is 19.8 Å². The largest absolute Gasteiger partial charge is 0.481 e. The number of aliphatic carboxylic acids is 1. The number of carboxylic acid groups (broad SMARTS) is 1. The molecule has 0 radical (unpaired) electrons. The Morgan fingerprint density at radius 1 is 1.23 bits per heavy atom. The Kier molecular flexibility index (Phi) is 5.48. The minimum Gasteiger partial charge on any atom is -0.481 e. The second-order valence-electron chi connectivity index (χ2n) is 5.86. The van der Waals surface area contributed by atoms with Gasteiger partial charge in [-0.2, -0.15) is 0 Å². The summed E-state index contributed by atoms with van der Waals surface area (Å²) in [5.41, 5.74) is 1.62. The van der Waals surface area contributed by atoms with Crippen molar-refractivity contribution in [2.75, 3.05) is 26.2 Å². The molecule has 1 unspecified atom stereocenters. The van der Waals surface area contributed by atoms with E-state index >= 15 is 0 Å². The molecule has 1 aromatic heterocycles. The fraction of sp³-hybridized carbons (Fsp3) is 0.714. The maximum Gasteiger partial charge on any atom is 0.303 e. The number of rotatable bonds is 6. The van der Waals surface area contributed by atoms with E-state index in [1.807, 2.05) is 11.8 Å². The van der Waals surface area contributed by atoms with Crippen LogP contribution in [-0.4, -0.2) is 63.3 Å². The second-order valence-corrected chi connectivity index (χ2v) is 5.86. The summed E-state index contributed by atoms with van der Waals surface area (Å²) in [6.07, 6.45) is 0.322. The first-order valence-electron chi connectivity index (χ1n) is 7.45. The molecular weight excluding hydrogens is 288 g/mol. The van der Waals surface area contributed by atoms with Crippen molar-refractivity contribution in [3.8, 4) is 0 Å². The second kappa shape index (κ2) is 7.35. The summed E-state index contributed by atoms with van der Waals surface area (Å²) in [7, 11) is 0. The molecule has 122 valence electrons. The number of nitrogens with zero attached hydrogens (tertiary/aromatic N) is 4. The monoisotopic (exact) mass is 310 g/mol. The number of hydrogen-bond acceptors (Lipinski definition) is 6. The number of carbonyl (C=O) groups is 2. The molecule has 8 heteroatoms. The minimum absolute atomic E-state index is 0.0319. The molecule has 0 spiro atoms. The predicted molar refractivity (Wildman–Crippen MR) is 76.9 cm³/mol. The molecule has 1 aromatic rings. The molecule has 8 nitrogen and oxygen atoms in total.